The average molecular weight is 243 g/mol. The lowest BCUT2D eigenvalue weighted by Gasteiger charge is -2.07. The van der Waals surface area contributed by atoms with Crippen molar-refractivity contribution in [1.82, 2.24) is 5.32 Å². The molecule has 0 aliphatic rings. The van der Waals surface area contributed by atoms with Crippen LogP contribution in [0.15, 0.2) is 12.3 Å². The van der Waals surface area contributed by atoms with Crippen LogP contribution in [0.2, 0.25) is 0 Å². The van der Waals surface area contributed by atoms with E-state index >= 15 is 0 Å². The van der Waals surface area contributed by atoms with Gasteiger partial charge in [-0.1, -0.05) is 20.4 Å². The first-order valence-corrected chi connectivity index (χ1v) is 6.11. The maximum absolute atomic E-state index is 11.3. The summed E-state index contributed by atoms with van der Waals surface area (Å²) in [6.07, 6.45) is 0.495. The van der Waals surface area contributed by atoms with Crippen molar-refractivity contribution in [2.75, 3.05) is 33.0 Å². The summed E-state index contributed by atoms with van der Waals surface area (Å²) in [6.45, 7) is 12.4. The van der Waals surface area contributed by atoms with E-state index in [1.165, 1.54) is 0 Å². The highest BCUT2D eigenvalue weighted by atomic mass is 16.5. The third-order valence-electron chi connectivity index (χ3n) is 2.18. The van der Waals surface area contributed by atoms with Crippen molar-refractivity contribution in [3.05, 3.63) is 12.3 Å². The molecule has 100 valence electrons. The summed E-state index contributed by atoms with van der Waals surface area (Å²) < 4.78 is 10.6. The van der Waals surface area contributed by atoms with Crippen LogP contribution >= 0.6 is 0 Å². The van der Waals surface area contributed by atoms with E-state index in [2.05, 4.69) is 11.9 Å². The summed E-state index contributed by atoms with van der Waals surface area (Å²) in [5.41, 5.74) is 0.942. The first-order valence-electron chi connectivity index (χ1n) is 6.11. The topological polar surface area (TPSA) is 47.6 Å². The lowest BCUT2D eigenvalue weighted by molar-refractivity contribution is -0.123. The molecule has 0 radical (unpaired) electrons. The summed E-state index contributed by atoms with van der Waals surface area (Å²) in [5.74, 6) is 0.347. The molecule has 0 atom stereocenters. The minimum Gasteiger partial charge on any atom is -0.387 e. The molecule has 0 amide bonds. The number of hydrogen-bond acceptors (Lipinski definition) is 4. The molecule has 17 heavy (non-hydrogen) atoms. The van der Waals surface area contributed by atoms with Crippen molar-refractivity contribution >= 4 is 5.78 Å². The Morgan fingerprint density at radius 1 is 1.18 bits per heavy atom. The molecule has 0 saturated carbocycles. The molecule has 0 bridgehead atoms. The second kappa shape index (κ2) is 10.3. The fraction of sp³-hybridized carbons (Fsp3) is 0.769. The highest BCUT2D eigenvalue weighted by Crippen LogP contribution is 1.98. The van der Waals surface area contributed by atoms with Crippen molar-refractivity contribution in [2.24, 2.45) is 5.92 Å². The normalized spacial score (nSPS) is 10.6. The maximum atomic E-state index is 11.3. The van der Waals surface area contributed by atoms with Crippen LogP contribution in [0.5, 0.6) is 0 Å². The van der Waals surface area contributed by atoms with Gasteiger partial charge in [-0.2, -0.15) is 0 Å². The van der Waals surface area contributed by atoms with E-state index in [1.807, 2.05) is 20.8 Å². The summed E-state index contributed by atoms with van der Waals surface area (Å²) in [5, 5.41) is 3.07. The van der Waals surface area contributed by atoms with Gasteiger partial charge in [-0.3, -0.25) is 4.79 Å². The van der Waals surface area contributed by atoms with Gasteiger partial charge in [0.15, 0.2) is 0 Å². The van der Waals surface area contributed by atoms with Gasteiger partial charge < -0.3 is 14.8 Å². The SMILES string of the molecule is C=C(C)NCCOCCOCCC(=O)C(C)C. The predicted octanol–water partition coefficient (Wildman–Crippen LogP) is 1.76. The Morgan fingerprint density at radius 3 is 2.29 bits per heavy atom. The largest absolute Gasteiger partial charge is 0.387 e. The number of carbonyl (C=O) groups is 1. The maximum Gasteiger partial charge on any atom is 0.137 e. The highest BCUT2D eigenvalue weighted by Gasteiger charge is 2.05. The molecule has 4 heteroatoms. The summed E-state index contributed by atoms with van der Waals surface area (Å²) in [6, 6.07) is 0. The van der Waals surface area contributed by atoms with Crippen molar-refractivity contribution in [3.63, 3.8) is 0 Å². The Labute approximate surface area is 104 Å². The molecular weight excluding hydrogens is 218 g/mol. The summed E-state index contributed by atoms with van der Waals surface area (Å²) in [4.78, 5) is 11.3. The molecule has 0 fully saturated rings. The molecule has 0 unspecified atom stereocenters. The third kappa shape index (κ3) is 11.4. The molecule has 0 aliphatic heterocycles. The molecular formula is C13H25NO3. The second-order valence-corrected chi connectivity index (χ2v) is 4.30. The second-order valence-electron chi connectivity index (χ2n) is 4.30. The summed E-state index contributed by atoms with van der Waals surface area (Å²) in [7, 11) is 0. The standard InChI is InChI=1S/C13H25NO3/c1-11(2)13(15)5-7-16-9-10-17-8-6-14-12(3)4/h11,14H,3,5-10H2,1-2,4H3. The van der Waals surface area contributed by atoms with Crippen LogP contribution in [0.3, 0.4) is 0 Å². The smallest absolute Gasteiger partial charge is 0.137 e. The number of allylic oxidation sites excluding steroid dienone is 1. The van der Waals surface area contributed by atoms with Crippen molar-refractivity contribution in [2.45, 2.75) is 27.2 Å². The number of Topliss-reactive ketones (excluding diaryl/α,β-unsaturated/α-hetero) is 1. The van der Waals surface area contributed by atoms with E-state index in [1.54, 1.807) is 0 Å². The van der Waals surface area contributed by atoms with Gasteiger partial charge in [-0.25, -0.2) is 0 Å². The van der Waals surface area contributed by atoms with Crippen molar-refractivity contribution < 1.29 is 14.3 Å². The van der Waals surface area contributed by atoms with E-state index < -0.39 is 0 Å². The quantitative estimate of drug-likeness (QED) is 0.562. The van der Waals surface area contributed by atoms with Crippen molar-refractivity contribution in [1.29, 1.82) is 0 Å². The highest BCUT2D eigenvalue weighted by molar-refractivity contribution is 5.80. The Kier molecular flexibility index (Phi) is 9.77. The zero-order valence-corrected chi connectivity index (χ0v) is 11.3. The Hall–Kier alpha value is -0.870. The fourth-order valence-electron chi connectivity index (χ4n) is 1.12. The van der Waals surface area contributed by atoms with E-state index in [4.69, 9.17) is 9.47 Å². The third-order valence-corrected chi connectivity index (χ3v) is 2.18. The van der Waals surface area contributed by atoms with E-state index in [9.17, 15) is 4.79 Å². The molecule has 0 heterocycles. The van der Waals surface area contributed by atoms with Gasteiger partial charge >= 0.3 is 0 Å². The van der Waals surface area contributed by atoms with Gasteiger partial charge in [0.25, 0.3) is 0 Å². The fourth-order valence-corrected chi connectivity index (χ4v) is 1.12. The molecule has 0 spiro atoms. The van der Waals surface area contributed by atoms with E-state index in [0.29, 0.717) is 32.8 Å². The molecule has 0 saturated heterocycles. The predicted molar refractivity (Wildman–Crippen MR) is 68.9 cm³/mol. The molecule has 0 rings (SSSR count). The Bertz CT molecular complexity index is 227. The minimum atomic E-state index is 0.100. The van der Waals surface area contributed by atoms with Gasteiger partial charge in [0, 0.05) is 24.6 Å². The number of carbonyl (C=O) groups excluding carboxylic acids is 1. The van der Waals surface area contributed by atoms with Gasteiger partial charge in [0.1, 0.15) is 5.78 Å². The molecule has 0 aromatic rings. The first-order chi connectivity index (χ1) is 8.04. The van der Waals surface area contributed by atoms with E-state index in [-0.39, 0.29) is 11.7 Å². The zero-order valence-electron chi connectivity index (χ0n) is 11.3. The van der Waals surface area contributed by atoms with Crippen molar-refractivity contribution in [3.8, 4) is 0 Å². The monoisotopic (exact) mass is 243 g/mol. The number of ether oxygens (including phenoxy) is 2. The van der Waals surface area contributed by atoms with Crippen LogP contribution in [0, 0.1) is 5.92 Å². The molecule has 1 N–H and O–H groups in total. The van der Waals surface area contributed by atoms with E-state index in [0.717, 1.165) is 12.2 Å². The Morgan fingerprint density at radius 2 is 1.76 bits per heavy atom. The number of ketones is 1. The number of rotatable bonds is 11. The summed E-state index contributed by atoms with van der Waals surface area (Å²) >= 11 is 0. The molecule has 4 nitrogen and oxygen atoms in total. The molecule has 0 aromatic carbocycles. The first kappa shape index (κ1) is 16.1. The van der Waals surface area contributed by atoms with Crippen LogP contribution < -0.4 is 5.32 Å². The van der Waals surface area contributed by atoms with Crippen LogP contribution in [0.25, 0.3) is 0 Å². The number of hydrogen-bond donors (Lipinski definition) is 1. The van der Waals surface area contributed by atoms with Gasteiger partial charge in [0.2, 0.25) is 0 Å². The lowest BCUT2D eigenvalue weighted by Crippen LogP contribution is -2.18. The van der Waals surface area contributed by atoms with Gasteiger partial charge in [-0.15, -0.1) is 0 Å². The van der Waals surface area contributed by atoms with Crippen LogP contribution in [0.4, 0.5) is 0 Å². The van der Waals surface area contributed by atoms with Crippen LogP contribution in [-0.4, -0.2) is 38.8 Å². The molecule has 0 aromatic heterocycles. The minimum absolute atomic E-state index is 0.100. The average Bonchev–Trinajstić information content (AvgIpc) is 2.25. The number of nitrogens with one attached hydrogen (secondary N) is 1. The van der Waals surface area contributed by atoms with Crippen LogP contribution in [0.1, 0.15) is 27.2 Å². The Balaban J connectivity index is 3.14. The zero-order chi connectivity index (χ0) is 13.1. The van der Waals surface area contributed by atoms with Crippen LogP contribution in [-0.2, 0) is 14.3 Å². The van der Waals surface area contributed by atoms with Gasteiger partial charge in [-0.05, 0) is 6.92 Å². The lowest BCUT2D eigenvalue weighted by atomic mass is 10.1. The van der Waals surface area contributed by atoms with Gasteiger partial charge in [0.05, 0.1) is 26.4 Å². The molecule has 0 aliphatic carbocycles.